The number of hydrogen-bond donors (Lipinski definition) is 1. The highest BCUT2D eigenvalue weighted by atomic mass is 35.5. The van der Waals surface area contributed by atoms with E-state index >= 15 is 4.39 Å². The average molecular weight is 717 g/mol. The Labute approximate surface area is 279 Å². The van der Waals surface area contributed by atoms with Crippen LogP contribution in [0.25, 0.3) is 0 Å². The van der Waals surface area contributed by atoms with Crippen LogP contribution in [-0.4, -0.2) is 29.2 Å². The van der Waals surface area contributed by atoms with E-state index in [4.69, 9.17) is 11.6 Å². The Morgan fingerprint density at radius 2 is 1.61 bits per heavy atom. The molecule has 0 unspecified atom stereocenters. The number of aryl methyl sites for hydroxylation is 1. The molecular weight excluding hydrogens is 691 g/mol. The second-order valence-electron chi connectivity index (χ2n) is 11.1. The molecule has 0 aliphatic carbocycles. The summed E-state index contributed by atoms with van der Waals surface area (Å²) < 4.78 is 128. The summed E-state index contributed by atoms with van der Waals surface area (Å²) in [6, 6.07) is 12.5. The van der Waals surface area contributed by atoms with Gasteiger partial charge in [0, 0.05) is 30.7 Å². The topological polar surface area (TPSA) is 68.3 Å². The minimum Gasteiger partial charge on any atom is -0.428 e. The van der Waals surface area contributed by atoms with Gasteiger partial charge in [-0.2, -0.15) is 30.7 Å². The van der Waals surface area contributed by atoms with Crippen LogP contribution < -0.4 is 10.1 Å². The third-order valence-electron chi connectivity index (χ3n) is 7.45. The fourth-order valence-corrected chi connectivity index (χ4v) is 5.27. The smallest absolute Gasteiger partial charge is 0.428 e. The zero-order chi connectivity index (χ0) is 36.1. The molecule has 1 amide bonds. The third kappa shape index (κ3) is 9.11. The Morgan fingerprint density at radius 3 is 2.22 bits per heavy atom. The third-order valence-corrected chi connectivity index (χ3v) is 7.67. The number of amides is 1. The number of halogens is 10. The first kappa shape index (κ1) is 37.2. The summed E-state index contributed by atoms with van der Waals surface area (Å²) in [5, 5.41) is 2.63. The highest BCUT2D eigenvalue weighted by molar-refractivity contribution is 6.30. The van der Waals surface area contributed by atoms with Gasteiger partial charge in [-0.25, -0.2) is 8.78 Å². The first-order valence-corrected chi connectivity index (χ1v) is 14.8. The molecular formula is C34H26ClF9N2O3. The van der Waals surface area contributed by atoms with Crippen LogP contribution in [-0.2, 0) is 29.4 Å². The molecule has 1 atom stereocenters. The van der Waals surface area contributed by atoms with E-state index in [1.807, 2.05) is 0 Å². The Morgan fingerprint density at radius 1 is 0.918 bits per heavy atom. The van der Waals surface area contributed by atoms with Gasteiger partial charge in [0.15, 0.2) is 0 Å². The molecule has 4 aromatic rings. The van der Waals surface area contributed by atoms with Crippen LogP contribution in [0.3, 0.4) is 0 Å². The summed E-state index contributed by atoms with van der Waals surface area (Å²) in [5.74, 6) is -5.37. The van der Waals surface area contributed by atoms with Crippen LogP contribution in [0.5, 0.6) is 5.75 Å². The van der Waals surface area contributed by atoms with Crippen molar-refractivity contribution in [1.82, 2.24) is 10.3 Å². The molecule has 5 nitrogen and oxygen atoms in total. The second-order valence-corrected chi connectivity index (χ2v) is 11.5. The van der Waals surface area contributed by atoms with Crippen molar-refractivity contribution in [2.24, 2.45) is 0 Å². The van der Waals surface area contributed by atoms with Gasteiger partial charge < -0.3 is 14.8 Å². The molecule has 0 bridgehead atoms. The van der Waals surface area contributed by atoms with E-state index in [2.05, 4.69) is 15.0 Å². The van der Waals surface area contributed by atoms with Crippen molar-refractivity contribution >= 4 is 23.3 Å². The van der Waals surface area contributed by atoms with E-state index in [-0.39, 0.29) is 35.4 Å². The minimum absolute atomic E-state index is 0.0850. The molecule has 3 aromatic carbocycles. The summed E-state index contributed by atoms with van der Waals surface area (Å²) >= 11 is 6.05. The van der Waals surface area contributed by atoms with E-state index in [9.17, 15) is 44.7 Å². The van der Waals surface area contributed by atoms with Gasteiger partial charge in [0.2, 0.25) is 0 Å². The predicted octanol–water partition coefficient (Wildman–Crippen LogP) is 9.10. The van der Waals surface area contributed by atoms with Crippen LogP contribution in [0.15, 0.2) is 79.0 Å². The van der Waals surface area contributed by atoms with Gasteiger partial charge in [0.25, 0.3) is 5.91 Å². The lowest BCUT2D eigenvalue weighted by Crippen LogP contribution is -2.49. The maximum absolute atomic E-state index is 15.2. The average Bonchev–Trinajstić information content (AvgIpc) is 3.00. The van der Waals surface area contributed by atoms with Crippen LogP contribution in [0, 0.1) is 11.6 Å². The molecule has 1 N–H and O–H groups in total. The molecule has 0 aliphatic heterocycles. The van der Waals surface area contributed by atoms with E-state index in [1.54, 1.807) is 24.3 Å². The monoisotopic (exact) mass is 716 g/mol. The highest BCUT2D eigenvalue weighted by Gasteiger charge is 2.45. The lowest BCUT2D eigenvalue weighted by atomic mass is 9.78. The van der Waals surface area contributed by atoms with Gasteiger partial charge in [-0.15, -0.1) is 0 Å². The molecule has 0 saturated heterocycles. The zero-order valence-corrected chi connectivity index (χ0v) is 26.1. The SMILES string of the molecule is CC(=O)CCCc1ccccc1C[C@](NC(=O)c1ccc(F)c(C(F)(F)F)c1)(c1cc(F)cc(OC(F)(F)C(F)F)c1)c1ccc(Cl)cn1. The fraction of sp³-hybridized carbons (Fsp3) is 0.265. The number of benzene rings is 3. The first-order chi connectivity index (χ1) is 22.9. The van der Waals surface area contributed by atoms with Gasteiger partial charge in [-0.05, 0) is 78.9 Å². The number of nitrogens with one attached hydrogen (secondary N) is 1. The number of carbonyl (C=O) groups excluding carboxylic acids is 2. The van der Waals surface area contributed by atoms with Gasteiger partial charge in [-0.1, -0.05) is 35.9 Å². The van der Waals surface area contributed by atoms with Crippen molar-refractivity contribution in [1.29, 1.82) is 0 Å². The molecule has 0 radical (unpaired) electrons. The zero-order valence-electron chi connectivity index (χ0n) is 25.4. The number of carbonyl (C=O) groups is 2. The summed E-state index contributed by atoms with van der Waals surface area (Å²) in [7, 11) is 0. The maximum Gasteiger partial charge on any atom is 0.461 e. The lowest BCUT2D eigenvalue weighted by molar-refractivity contribution is -0.253. The molecule has 15 heteroatoms. The molecule has 1 aromatic heterocycles. The summed E-state index contributed by atoms with van der Waals surface area (Å²) in [6.45, 7) is 1.40. The van der Waals surface area contributed by atoms with Crippen molar-refractivity contribution in [2.75, 3.05) is 0 Å². The number of nitrogens with zero attached hydrogens (tertiary/aromatic N) is 1. The number of alkyl halides is 7. The lowest BCUT2D eigenvalue weighted by Gasteiger charge is -2.36. The van der Waals surface area contributed by atoms with Crippen molar-refractivity contribution in [3.8, 4) is 5.75 Å². The number of pyridine rings is 1. The second kappa shape index (κ2) is 14.9. The van der Waals surface area contributed by atoms with Crippen LogP contribution >= 0.6 is 11.6 Å². The number of ketones is 1. The van der Waals surface area contributed by atoms with Crippen molar-refractivity contribution < 1.29 is 53.8 Å². The minimum atomic E-state index is -5.20. The van der Waals surface area contributed by atoms with Crippen molar-refractivity contribution in [3.05, 3.63) is 129 Å². The molecule has 4 rings (SSSR count). The highest BCUT2D eigenvalue weighted by Crippen LogP contribution is 2.39. The Kier molecular flexibility index (Phi) is 11.3. The maximum atomic E-state index is 15.2. The van der Waals surface area contributed by atoms with Crippen LogP contribution in [0.2, 0.25) is 5.02 Å². The largest absolute Gasteiger partial charge is 0.461 e. The van der Waals surface area contributed by atoms with E-state index in [0.717, 1.165) is 24.4 Å². The van der Waals surface area contributed by atoms with Gasteiger partial charge in [0.05, 0.1) is 16.3 Å². The Balaban J connectivity index is 1.98. The molecule has 0 spiro atoms. The summed E-state index contributed by atoms with van der Waals surface area (Å²) in [6.07, 6.45) is -12.9. The molecule has 0 fully saturated rings. The molecule has 0 aliphatic rings. The van der Waals surface area contributed by atoms with Crippen molar-refractivity contribution in [3.63, 3.8) is 0 Å². The van der Waals surface area contributed by atoms with E-state index < -0.39 is 64.2 Å². The molecule has 0 saturated carbocycles. The quantitative estimate of drug-likeness (QED) is 0.140. The van der Waals surface area contributed by atoms with Crippen LogP contribution in [0.1, 0.15) is 58.1 Å². The van der Waals surface area contributed by atoms with Gasteiger partial charge >= 0.3 is 18.7 Å². The number of aromatic nitrogens is 1. The number of ether oxygens (including phenoxy) is 1. The normalized spacial score (nSPS) is 13.2. The summed E-state index contributed by atoms with van der Waals surface area (Å²) in [5.41, 5.74) is -4.10. The van der Waals surface area contributed by atoms with Gasteiger partial charge in [0.1, 0.15) is 28.7 Å². The Hall–Kier alpha value is -4.59. The fourth-order valence-electron chi connectivity index (χ4n) is 5.16. The summed E-state index contributed by atoms with van der Waals surface area (Å²) in [4.78, 5) is 29.7. The van der Waals surface area contributed by atoms with Crippen LogP contribution in [0.4, 0.5) is 39.5 Å². The number of hydrogen-bond acceptors (Lipinski definition) is 4. The predicted molar refractivity (Wildman–Crippen MR) is 161 cm³/mol. The standard InChI is InChI=1S/C34H26ClF9N2O3/c1-19(47)5-4-8-20-6-2-3-7-22(20)17-32(29-12-10-24(35)18-45-29,23-14-25(36)16-26(15-23)49-34(43,44)31(38)39)46-30(48)21-9-11-28(37)27(13-21)33(40,41)42/h2-3,6-7,9-16,18,31H,4-5,8,17H2,1H3,(H,46,48)/t32-/m0/s1. The first-order valence-electron chi connectivity index (χ1n) is 14.4. The number of Topliss-reactive ketones (excluding diaryl/α,β-unsaturated/α-hetero) is 1. The van der Waals surface area contributed by atoms with Crippen molar-refractivity contribution in [2.45, 2.75) is 56.9 Å². The molecule has 1 heterocycles. The van der Waals surface area contributed by atoms with Gasteiger partial charge in [-0.3, -0.25) is 9.78 Å². The van der Waals surface area contributed by atoms with E-state index in [0.29, 0.717) is 36.1 Å². The molecule has 260 valence electrons. The Bertz CT molecular complexity index is 1820. The van der Waals surface area contributed by atoms with E-state index in [1.165, 1.54) is 19.1 Å². The molecule has 49 heavy (non-hydrogen) atoms. The number of rotatable bonds is 13.